The van der Waals surface area contributed by atoms with Crippen LogP contribution in [0.25, 0.3) is 0 Å². The van der Waals surface area contributed by atoms with E-state index >= 15 is 0 Å². The van der Waals surface area contributed by atoms with Gasteiger partial charge in [-0.05, 0) is 26.2 Å². The molecule has 0 unspecified atom stereocenters. The summed E-state index contributed by atoms with van der Waals surface area (Å²) in [6.07, 6.45) is 4.50. The highest BCUT2D eigenvalue weighted by Crippen LogP contribution is 2.71. The number of hydrogen-bond acceptors (Lipinski definition) is 4. The maximum absolute atomic E-state index is 12.0. The summed E-state index contributed by atoms with van der Waals surface area (Å²) < 4.78 is 12.0. The molecule has 5 heteroatoms. The number of nitrogens with zero attached hydrogens (tertiary/aromatic N) is 2. The van der Waals surface area contributed by atoms with Crippen molar-refractivity contribution in [3.63, 3.8) is 0 Å². The van der Waals surface area contributed by atoms with Crippen molar-refractivity contribution in [2.45, 2.75) is 18.0 Å². The first kappa shape index (κ1) is 9.66. The first-order valence-corrected chi connectivity index (χ1v) is 7.12. The molecule has 2 rings (SSSR count). The van der Waals surface area contributed by atoms with Crippen LogP contribution in [0.5, 0.6) is 5.75 Å². The van der Waals surface area contributed by atoms with Crippen LogP contribution in [0.3, 0.4) is 0 Å². The summed E-state index contributed by atoms with van der Waals surface area (Å²) in [5.41, 5.74) is 0. The average molecular weight is 212 g/mol. The van der Waals surface area contributed by atoms with Crippen molar-refractivity contribution < 1.29 is 9.67 Å². The third-order valence-electron chi connectivity index (χ3n) is 2.81. The molecule has 0 bridgehead atoms. The van der Waals surface area contributed by atoms with Gasteiger partial charge in [0.05, 0.1) is 24.7 Å². The molecule has 1 heterocycles. The molecule has 1 aromatic rings. The summed E-state index contributed by atoms with van der Waals surface area (Å²) >= 11 is 0. The van der Waals surface area contributed by atoms with Gasteiger partial charge in [-0.1, -0.05) is 0 Å². The monoisotopic (exact) mass is 212 g/mol. The zero-order valence-electron chi connectivity index (χ0n) is 8.27. The van der Waals surface area contributed by atoms with Crippen molar-refractivity contribution in [1.82, 2.24) is 9.97 Å². The van der Waals surface area contributed by atoms with Crippen LogP contribution in [0.15, 0.2) is 12.4 Å². The highest BCUT2D eigenvalue weighted by Gasteiger charge is 2.56. The lowest BCUT2D eigenvalue weighted by Crippen LogP contribution is -2.10. The Labute approximate surface area is 82.8 Å². The van der Waals surface area contributed by atoms with Gasteiger partial charge in [-0.3, -0.25) is 0 Å². The number of aromatic nitrogens is 2. The van der Waals surface area contributed by atoms with Crippen molar-refractivity contribution in [3.8, 4) is 5.75 Å². The normalized spacial score (nSPS) is 19.3. The lowest BCUT2D eigenvalue weighted by atomic mass is 10.4. The van der Waals surface area contributed by atoms with E-state index in [-0.39, 0.29) is 10.9 Å². The van der Waals surface area contributed by atoms with Gasteiger partial charge < -0.3 is 9.67 Å². The predicted molar refractivity (Wildman–Crippen MR) is 54.1 cm³/mol. The Kier molecular flexibility index (Phi) is 1.93. The van der Waals surface area contributed by atoms with Crippen molar-refractivity contribution >= 4 is 7.14 Å². The van der Waals surface area contributed by atoms with Gasteiger partial charge in [-0.2, -0.15) is 0 Å². The highest BCUT2D eigenvalue weighted by atomic mass is 31.2. The summed E-state index contributed by atoms with van der Waals surface area (Å²) in [6.45, 7) is 3.55. The molecule has 0 atom stereocenters. The summed E-state index contributed by atoms with van der Waals surface area (Å²) in [5.74, 6) is 0.662. The SMILES string of the molecule is CP(C)(=O)C1(c2ncc(O)cn2)CC1. The highest BCUT2D eigenvalue weighted by molar-refractivity contribution is 7.63. The van der Waals surface area contributed by atoms with Gasteiger partial charge in [0, 0.05) is 0 Å². The molecule has 0 aromatic carbocycles. The minimum absolute atomic E-state index is 0.0478. The molecule has 0 spiro atoms. The molecule has 0 radical (unpaired) electrons. The van der Waals surface area contributed by atoms with E-state index in [4.69, 9.17) is 5.11 Å². The zero-order valence-corrected chi connectivity index (χ0v) is 9.16. The van der Waals surface area contributed by atoms with E-state index < -0.39 is 7.14 Å². The van der Waals surface area contributed by atoms with Gasteiger partial charge in [0.25, 0.3) is 0 Å². The van der Waals surface area contributed by atoms with E-state index in [1.165, 1.54) is 12.4 Å². The predicted octanol–water partition coefficient (Wildman–Crippen LogP) is 1.79. The first-order valence-electron chi connectivity index (χ1n) is 4.52. The first-order chi connectivity index (χ1) is 6.46. The van der Waals surface area contributed by atoms with Gasteiger partial charge in [-0.25, -0.2) is 9.97 Å². The van der Waals surface area contributed by atoms with E-state index in [0.717, 1.165) is 12.8 Å². The van der Waals surface area contributed by atoms with Gasteiger partial charge in [-0.15, -0.1) is 0 Å². The number of aromatic hydroxyl groups is 1. The van der Waals surface area contributed by atoms with Crippen LogP contribution < -0.4 is 0 Å². The molecule has 1 saturated carbocycles. The van der Waals surface area contributed by atoms with E-state index in [1.54, 1.807) is 13.3 Å². The van der Waals surface area contributed by atoms with Crippen LogP contribution in [0.2, 0.25) is 0 Å². The molecule has 76 valence electrons. The third kappa shape index (κ3) is 1.34. The number of rotatable bonds is 2. The smallest absolute Gasteiger partial charge is 0.152 e. The van der Waals surface area contributed by atoms with Gasteiger partial charge in [0.1, 0.15) is 5.82 Å². The second-order valence-electron chi connectivity index (χ2n) is 4.15. The summed E-state index contributed by atoms with van der Waals surface area (Å²) in [6, 6.07) is 0. The van der Waals surface area contributed by atoms with Crippen LogP contribution in [0.4, 0.5) is 0 Å². The van der Waals surface area contributed by atoms with Gasteiger partial charge >= 0.3 is 0 Å². The van der Waals surface area contributed by atoms with Gasteiger partial charge in [0.15, 0.2) is 5.75 Å². The molecular formula is C9H13N2O2P. The Morgan fingerprint density at radius 2 is 1.86 bits per heavy atom. The molecule has 0 aliphatic heterocycles. The molecule has 0 amide bonds. The largest absolute Gasteiger partial charge is 0.505 e. The summed E-state index contributed by atoms with van der Waals surface area (Å²) in [5, 5.41) is 8.75. The Hall–Kier alpha value is -0.890. The van der Waals surface area contributed by atoms with Crippen LogP contribution in [-0.4, -0.2) is 28.4 Å². The maximum Gasteiger partial charge on any atom is 0.152 e. The summed E-state index contributed by atoms with van der Waals surface area (Å²) in [4.78, 5) is 8.09. The Balaban J connectivity index is 2.41. The van der Waals surface area contributed by atoms with Crippen LogP contribution in [-0.2, 0) is 9.72 Å². The molecule has 1 aromatic heterocycles. The Morgan fingerprint density at radius 3 is 2.21 bits per heavy atom. The fraction of sp³-hybridized carbons (Fsp3) is 0.556. The Morgan fingerprint density at radius 1 is 1.36 bits per heavy atom. The van der Waals surface area contributed by atoms with Crippen molar-refractivity contribution in [2.75, 3.05) is 13.3 Å². The fourth-order valence-electron chi connectivity index (χ4n) is 1.68. The molecule has 4 nitrogen and oxygen atoms in total. The van der Waals surface area contributed by atoms with Crippen molar-refractivity contribution in [2.24, 2.45) is 0 Å². The van der Waals surface area contributed by atoms with Gasteiger partial charge in [0.2, 0.25) is 0 Å². The second-order valence-corrected chi connectivity index (χ2v) is 7.71. The van der Waals surface area contributed by atoms with Crippen molar-refractivity contribution in [3.05, 3.63) is 18.2 Å². The summed E-state index contributed by atoms with van der Waals surface area (Å²) in [7, 11) is -2.20. The second kappa shape index (κ2) is 2.80. The molecule has 1 fully saturated rings. The average Bonchev–Trinajstić information content (AvgIpc) is 2.84. The Bertz CT molecular complexity index is 392. The minimum Gasteiger partial charge on any atom is -0.505 e. The van der Waals surface area contributed by atoms with Crippen LogP contribution in [0.1, 0.15) is 18.7 Å². The number of hydrogen-bond donors (Lipinski definition) is 1. The topological polar surface area (TPSA) is 63.1 Å². The van der Waals surface area contributed by atoms with Crippen molar-refractivity contribution in [1.29, 1.82) is 0 Å². The van der Waals surface area contributed by atoms with E-state index in [9.17, 15) is 4.57 Å². The minimum atomic E-state index is -2.20. The lowest BCUT2D eigenvalue weighted by Gasteiger charge is -2.18. The van der Waals surface area contributed by atoms with Crippen LogP contribution >= 0.6 is 7.14 Å². The van der Waals surface area contributed by atoms with Crippen LogP contribution in [0, 0.1) is 0 Å². The fourth-order valence-corrected chi connectivity index (χ4v) is 3.47. The van der Waals surface area contributed by atoms with E-state index in [1.807, 2.05) is 0 Å². The molecule has 0 saturated heterocycles. The molecule has 1 N–H and O–H groups in total. The molecule has 1 aliphatic carbocycles. The molecular weight excluding hydrogens is 199 g/mol. The lowest BCUT2D eigenvalue weighted by molar-refractivity contribution is 0.467. The third-order valence-corrected chi connectivity index (χ3v) is 5.52. The van der Waals surface area contributed by atoms with E-state index in [0.29, 0.717) is 5.82 Å². The van der Waals surface area contributed by atoms with E-state index in [2.05, 4.69) is 9.97 Å². The molecule has 1 aliphatic rings. The molecule has 14 heavy (non-hydrogen) atoms. The quantitative estimate of drug-likeness (QED) is 0.759. The zero-order chi connectivity index (χ0) is 10.4. The maximum atomic E-state index is 12.0. The standard InChI is InChI=1S/C9H13N2O2P/c1-14(2,13)9(3-4-9)8-10-5-7(12)6-11-8/h5-6,12H,3-4H2,1-2H3.